The molecule has 2 aromatic heterocycles. The van der Waals surface area contributed by atoms with Crippen LogP contribution in [0.3, 0.4) is 0 Å². The first-order valence-electron chi connectivity index (χ1n) is 11.5. The van der Waals surface area contributed by atoms with Gasteiger partial charge in [0.2, 0.25) is 5.82 Å². The summed E-state index contributed by atoms with van der Waals surface area (Å²) in [7, 11) is 2.69. The number of hydrogen-bond acceptors (Lipinski definition) is 8. The van der Waals surface area contributed by atoms with Gasteiger partial charge >= 0.3 is 6.09 Å². The maximum Gasteiger partial charge on any atom is 0.414 e. The minimum Gasteiger partial charge on any atom is -0.491 e. The highest BCUT2D eigenvalue weighted by molar-refractivity contribution is 5.96. The SMILES string of the molecule is COc1c2cc(c(F)c1F)COC[C@@H](C)NC(=O)c1cnc3c(N(C)C(=O)OC(C)(C)C)cc(nn13)N2. The molecule has 0 radical (unpaired) electrons. The second-order valence-electron chi connectivity index (χ2n) is 9.59. The number of nitrogens with one attached hydrogen (secondary N) is 2. The van der Waals surface area contributed by atoms with E-state index in [-0.39, 0.29) is 53.1 Å². The van der Waals surface area contributed by atoms with E-state index in [1.54, 1.807) is 27.7 Å². The largest absolute Gasteiger partial charge is 0.491 e. The highest BCUT2D eigenvalue weighted by Gasteiger charge is 2.27. The van der Waals surface area contributed by atoms with Gasteiger partial charge in [-0.3, -0.25) is 9.69 Å². The highest BCUT2D eigenvalue weighted by Crippen LogP contribution is 2.35. The van der Waals surface area contributed by atoms with Gasteiger partial charge in [-0.05, 0) is 33.8 Å². The van der Waals surface area contributed by atoms with Crippen molar-refractivity contribution in [2.45, 2.75) is 45.9 Å². The molecule has 0 spiro atoms. The number of fused-ring (bicyclic) bond motifs is 3. The molecule has 37 heavy (non-hydrogen) atoms. The van der Waals surface area contributed by atoms with E-state index in [2.05, 4.69) is 20.7 Å². The number of carbonyl (C=O) groups excluding carboxylic acids is 2. The predicted octanol–water partition coefficient (Wildman–Crippen LogP) is 3.78. The molecular weight excluding hydrogens is 490 g/mol. The van der Waals surface area contributed by atoms with Gasteiger partial charge in [0.25, 0.3) is 5.91 Å². The highest BCUT2D eigenvalue weighted by atomic mass is 19.2. The number of aromatic nitrogens is 3. The lowest BCUT2D eigenvalue weighted by Crippen LogP contribution is -2.37. The second-order valence-corrected chi connectivity index (χ2v) is 9.59. The van der Waals surface area contributed by atoms with Crippen molar-refractivity contribution in [2.24, 2.45) is 0 Å². The topological polar surface area (TPSA) is 119 Å². The number of methoxy groups -OCH3 is 1. The summed E-state index contributed by atoms with van der Waals surface area (Å²) in [6, 6.07) is 2.35. The molecule has 1 atom stereocenters. The van der Waals surface area contributed by atoms with Gasteiger partial charge < -0.3 is 24.8 Å². The van der Waals surface area contributed by atoms with Crippen molar-refractivity contribution in [3.05, 3.63) is 41.2 Å². The number of nitrogens with zero attached hydrogens (tertiary/aromatic N) is 4. The minimum atomic E-state index is -1.20. The number of anilines is 3. The summed E-state index contributed by atoms with van der Waals surface area (Å²) in [6.07, 6.45) is 0.650. The lowest BCUT2D eigenvalue weighted by atomic mass is 10.1. The van der Waals surface area contributed by atoms with Gasteiger partial charge in [-0.1, -0.05) is 0 Å². The van der Waals surface area contributed by atoms with Crippen molar-refractivity contribution < 1.29 is 32.6 Å². The molecule has 198 valence electrons. The Morgan fingerprint density at radius 2 is 2.00 bits per heavy atom. The standard InChI is InChI=1S/C24H28F2N6O5/c1-12-10-36-11-13-7-14(20(35-6)19(26)18(13)25)29-17-8-15(31(5)23(34)37-24(2,3)4)21-27-9-16(22(33)28-12)32(21)30-17/h7-9,12H,10-11H2,1-6H3,(H,28,33)(H,29,30)/t12-/m1/s1. The molecular formula is C24H28F2N6O5. The molecule has 1 aromatic carbocycles. The van der Waals surface area contributed by atoms with E-state index in [4.69, 9.17) is 14.2 Å². The van der Waals surface area contributed by atoms with Crippen LogP contribution < -0.4 is 20.3 Å². The summed E-state index contributed by atoms with van der Waals surface area (Å²) < 4.78 is 46.9. The zero-order valence-corrected chi connectivity index (χ0v) is 21.3. The third kappa shape index (κ3) is 5.26. The molecule has 2 amide bonds. The van der Waals surface area contributed by atoms with E-state index in [0.717, 1.165) is 0 Å². The van der Waals surface area contributed by atoms with Gasteiger partial charge in [0, 0.05) is 24.7 Å². The summed E-state index contributed by atoms with van der Waals surface area (Å²) in [4.78, 5) is 31.4. The summed E-state index contributed by atoms with van der Waals surface area (Å²) in [6.45, 7) is 6.67. The van der Waals surface area contributed by atoms with E-state index in [9.17, 15) is 18.4 Å². The van der Waals surface area contributed by atoms with Crippen molar-refractivity contribution in [1.29, 1.82) is 0 Å². The Labute approximate surface area is 211 Å². The van der Waals surface area contributed by atoms with E-state index in [0.29, 0.717) is 0 Å². The third-order valence-corrected chi connectivity index (χ3v) is 5.42. The molecule has 4 bridgehead atoms. The van der Waals surface area contributed by atoms with Gasteiger partial charge in [-0.15, -0.1) is 5.10 Å². The first kappa shape index (κ1) is 26.1. The molecule has 0 saturated heterocycles. The molecule has 0 unspecified atom stereocenters. The van der Waals surface area contributed by atoms with Crippen LogP contribution in [0.5, 0.6) is 5.75 Å². The molecule has 0 saturated carbocycles. The minimum absolute atomic E-state index is 0.0314. The second kappa shape index (κ2) is 9.81. The molecule has 11 nitrogen and oxygen atoms in total. The quantitative estimate of drug-likeness (QED) is 0.526. The molecule has 4 rings (SSSR count). The Morgan fingerprint density at radius 3 is 2.68 bits per heavy atom. The van der Waals surface area contributed by atoms with Crippen molar-refractivity contribution in [3.8, 4) is 5.75 Å². The summed E-state index contributed by atoms with van der Waals surface area (Å²) in [5.74, 6) is -3.10. The van der Waals surface area contributed by atoms with Crippen LogP contribution in [0.4, 0.5) is 30.8 Å². The smallest absolute Gasteiger partial charge is 0.414 e. The van der Waals surface area contributed by atoms with Crippen LogP contribution in [-0.2, 0) is 16.1 Å². The van der Waals surface area contributed by atoms with Crippen LogP contribution in [-0.4, -0.2) is 59.0 Å². The Hall–Kier alpha value is -4.00. The van der Waals surface area contributed by atoms with Crippen LogP contribution in [0.25, 0.3) is 5.65 Å². The monoisotopic (exact) mass is 518 g/mol. The summed E-state index contributed by atoms with van der Waals surface area (Å²) >= 11 is 0. The Morgan fingerprint density at radius 1 is 1.27 bits per heavy atom. The van der Waals surface area contributed by atoms with Crippen LogP contribution in [0.2, 0.25) is 0 Å². The number of ether oxygens (including phenoxy) is 3. The number of imidazole rings is 1. The maximum atomic E-state index is 14.9. The third-order valence-electron chi connectivity index (χ3n) is 5.42. The van der Waals surface area contributed by atoms with E-state index in [1.807, 2.05) is 0 Å². The lowest BCUT2D eigenvalue weighted by Gasteiger charge is -2.25. The van der Waals surface area contributed by atoms with Crippen LogP contribution in [0, 0.1) is 11.6 Å². The average molecular weight is 519 g/mol. The van der Waals surface area contributed by atoms with E-state index >= 15 is 0 Å². The Bertz CT molecular complexity index is 1370. The predicted molar refractivity (Wildman–Crippen MR) is 130 cm³/mol. The van der Waals surface area contributed by atoms with Crippen LogP contribution in [0.1, 0.15) is 43.7 Å². The van der Waals surface area contributed by atoms with Crippen molar-refractivity contribution in [2.75, 3.05) is 31.0 Å². The Balaban J connectivity index is 1.92. The normalized spacial score (nSPS) is 16.1. The van der Waals surface area contributed by atoms with Gasteiger partial charge in [0.1, 0.15) is 5.60 Å². The number of carbonyl (C=O) groups is 2. The molecule has 2 N–H and O–H groups in total. The summed E-state index contributed by atoms with van der Waals surface area (Å²) in [5, 5.41) is 10.1. The average Bonchev–Trinajstić information content (AvgIpc) is 3.24. The fourth-order valence-electron chi connectivity index (χ4n) is 3.73. The van der Waals surface area contributed by atoms with Gasteiger partial charge in [-0.25, -0.2) is 18.7 Å². The number of hydrogen-bond donors (Lipinski definition) is 2. The number of halogens is 2. The summed E-state index contributed by atoms with van der Waals surface area (Å²) in [5.41, 5.74) is -0.244. The number of rotatable bonds is 2. The molecule has 3 aromatic rings. The fraction of sp³-hybridized carbons (Fsp3) is 0.417. The molecule has 13 heteroatoms. The molecule has 0 aliphatic carbocycles. The zero-order valence-electron chi connectivity index (χ0n) is 21.3. The van der Waals surface area contributed by atoms with Crippen LogP contribution >= 0.6 is 0 Å². The zero-order chi connectivity index (χ0) is 27.1. The van der Waals surface area contributed by atoms with E-state index in [1.165, 1.54) is 41.9 Å². The fourth-order valence-corrected chi connectivity index (χ4v) is 3.73. The Kier molecular flexibility index (Phi) is 6.91. The maximum absolute atomic E-state index is 14.9. The molecule has 3 heterocycles. The van der Waals surface area contributed by atoms with Gasteiger partial charge in [0.15, 0.2) is 28.7 Å². The number of amides is 2. The molecule has 1 aliphatic heterocycles. The first-order valence-corrected chi connectivity index (χ1v) is 11.5. The van der Waals surface area contributed by atoms with Crippen molar-refractivity contribution in [1.82, 2.24) is 19.9 Å². The van der Waals surface area contributed by atoms with E-state index < -0.39 is 35.3 Å². The molecule has 1 aliphatic rings. The van der Waals surface area contributed by atoms with Crippen molar-refractivity contribution >= 4 is 34.8 Å². The van der Waals surface area contributed by atoms with Gasteiger partial charge in [-0.2, -0.15) is 4.39 Å². The van der Waals surface area contributed by atoms with Crippen LogP contribution in [0.15, 0.2) is 18.3 Å². The lowest BCUT2D eigenvalue weighted by molar-refractivity contribution is 0.0589. The van der Waals surface area contributed by atoms with Gasteiger partial charge in [0.05, 0.1) is 37.9 Å². The first-order chi connectivity index (χ1) is 17.4. The molecule has 0 fully saturated rings. The number of benzene rings is 1. The van der Waals surface area contributed by atoms with Crippen molar-refractivity contribution in [3.63, 3.8) is 0 Å².